The second-order valence-electron chi connectivity index (χ2n) is 6.97. The van der Waals surface area contributed by atoms with Crippen LogP contribution in [0.1, 0.15) is 0 Å². The van der Waals surface area contributed by atoms with E-state index in [1.807, 2.05) is 6.07 Å². The summed E-state index contributed by atoms with van der Waals surface area (Å²) in [5, 5.41) is 3.75. The molecule has 0 amide bonds. The van der Waals surface area contributed by atoms with E-state index in [2.05, 4.69) is 39.5 Å². The fourth-order valence-electron chi connectivity index (χ4n) is 3.82. The van der Waals surface area contributed by atoms with Crippen molar-refractivity contribution >= 4 is 45.9 Å². The average molecular weight is 409 g/mol. The van der Waals surface area contributed by atoms with Crippen LogP contribution in [0.5, 0.6) is 0 Å². The number of nitrogens with zero attached hydrogens (tertiary/aromatic N) is 2. The average Bonchev–Trinajstić information content (AvgIpc) is 2.74. The summed E-state index contributed by atoms with van der Waals surface area (Å²) in [7, 11) is 0. The standard InChI is InChI=1S/C22H20N4O2.ClH/c23-17-2-1-3-18-19(17)21(27)20-22(28-18)16(8-9-25-20)14-4-6-15(7-5-14)26-12-10-24-11-13-26;/h1-9,24H,10-13,23H2;1H. The van der Waals surface area contributed by atoms with Gasteiger partial charge in [-0.25, -0.2) is 4.98 Å². The number of nitrogens with two attached hydrogens (primary N) is 1. The second kappa shape index (κ2) is 7.73. The molecule has 4 aromatic rings. The van der Waals surface area contributed by atoms with Gasteiger partial charge in [-0.15, -0.1) is 12.4 Å². The fourth-order valence-corrected chi connectivity index (χ4v) is 3.82. The molecule has 1 aliphatic heterocycles. The zero-order valence-corrected chi connectivity index (χ0v) is 16.5. The van der Waals surface area contributed by atoms with E-state index in [1.165, 1.54) is 5.69 Å². The monoisotopic (exact) mass is 408 g/mol. The number of rotatable bonds is 2. The van der Waals surface area contributed by atoms with E-state index in [0.717, 1.165) is 37.3 Å². The maximum absolute atomic E-state index is 12.9. The Hall–Kier alpha value is -3.09. The molecular formula is C22H21ClN4O2. The van der Waals surface area contributed by atoms with Gasteiger partial charge in [0.2, 0.25) is 5.43 Å². The van der Waals surface area contributed by atoms with Crippen LogP contribution in [0.3, 0.4) is 0 Å². The smallest absolute Gasteiger partial charge is 0.221 e. The Morgan fingerprint density at radius 2 is 1.79 bits per heavy atom. The molecule has 1 aliphatic rings. The first-order valence-electron chi connectivity index (χ1n) is 9.38. The summed E-state index contributed by atoms with van der Waals surface area (Å²) in [6.07, 6.45) is 1.64. The maximum Gasteiger partial charge on any atom is 0.221 e. The molecule has 0 bridgehead atoms. The second-order valence-corrected chi connectivity index (χ2v) is 6.97. The van der Waals surface area contributed by atoms with E-state index >= 15 is 0 Å². The first-order valence-corrected chi connectivity index (χ1v) is 9.38. The topological polar surface area (TPSA) is 84.4 Å². The summed E-state index contributed by atoms with van der Waals surface area (Å²) in [6, 6.07) is 15.5. The molecule has 148 valence electrons. The molecule has 2 aromatic heterocycles. The summed E-state index contributed by atoms with van der Waals surface area (Å²) in [5.74, 6) is 0. The number of nitrogen functional groups attached to an aromatic ring is 1. The summed E-state index contributed by atoms with van der Waals surface area (Å²) >= 11 is 0. The minimum atomic E-state index is -0.200. The Bertz CT molecular complexity index is 1230. The first-order chi connectivity index (χ1) is 13.7. The maximum atomic E-state index is 12.9. The van der Waals surface area contributed by atoms with Crippen LogP contribution in [0.25, 0.3) is 33.2 Å². The molecule has 0 aliphatic carbocycles. The van der Waals surface area contributed by atoms with Crippen molar-refractivity contribution in [2.75, 3.05) is 36.8 Å². The summed E-state index contributed by atoms with van der Waals surface area (Å²) < 4.78 is 6.08. The van der Waals surface area contributed by atoms with Gasteiger partial charge in [0.25, 0.3) is 0 Å². The highest BCUT2D eigenvalue weighted by atomic mass is 35.5. The molecule has 7 heteroatoms. The Balaban J connectivity index is 0.00000205. The van der Waals surface area contributed by atoms with Gasteiger partial charge in [0, 0.05) is 49.3 Å². The third-order valence-corrected chi connectivity index (χ3v) is 5.28. The number of nitrogens with one attached hydrogen (secondary N) is 1. The Labute approximate surface area is 173 Å². The van der Waals surface area contributed by atoms with Crippen LogP contribution in [0.15, 0.2) is 63.9 Å². The predicted octanol–water partition coefficient (Wildman–Crippen LogP) is 3.42. The number of aromatic nitrogens is 1. The fraction of sp³-hybridized carbons (Fsp3) is 0.182. The lowest BCUT2D eigenvalue weighted by Crippen LogP contribution is -2.43. The van der Waals surface area contributed by atoms with Crippen molar-refractivity contribution in [2.24, 2.45) is 0 Å². The van der Waals surface area contributed by atoms with Crippen LogP contribution in [0.2, 0.25) is 0 Å². The van der Waals surface area contributed by atoms with E-state index in [1.54, 1.807) is 24.4 Å². The van der Waals surface area contributed by atoms with Crippen LogP contribution in [-0.2, 0) is 0 Å². The van der Waals surface area contributed by atoms with Gasteiger partial charge < -0.3 is 20.4 Å². The molecule has 0 unspecified atom stereocenters. The van der Waals surface area contributed by atoms with E-state index in [4.69, 9.17) is 10.2 Å². The lowest BCUT2D eigenvalue weighted by molar-refractivity contribution is 0.589. The number of hydrogen-bond donors (Lipinski definition) is 2. The van der Waals surface area contributed by atoms with Crippen LogP contribution < -0.4 is 21.4 Å². The largest absolute Gasteiger partial charge is 0.453 e. The van der Waals surface area contributed by atoms with Crippen molar-refractivity contribution in [1.29, 1.82) is 0 Å². The molecule has 2 aromatic carbocycles. The lowest BCUT2D eigenvalue weighted by atomic mass is 10.0. The third kappa shape index (κ3) is 3.30. The molecule has 3 heterocycles. The minimum absolute atomic E-state index is 0. The molecule has 1 saturated heterocycles. The van der Waals surface area contributed by atoms with E-state index in [0.29, 0.717) is 27.8 Å². The molecule has 0 saturated carbocycles. The zero-order valence-electron chi connectivity index (χ0n) is 15.7. The van der Waals surface area contributed by atoms with Gasteiger partial charge in [-0.1, -0.05) is 18.2 Å². The Morgan fingerprint density at radius 3 is 2.55 bits per heavy atom. The van der Waals surface area contributed by atoms with E-state index < -0.39 is 0 Å². The van der Waals surface area contributed by atoms with Crippen LogP contribution in [-0.4, -0.2) is 31.2 Å². The summed E-state index contributed by atoms with van der Waals surface area (Å²) in [4.78, 5) is 19.6. The number of halogens is 1. The minimum Gasteiger partial charge on any atom is -0.453 e. The SMILES string of the molecule is Cl.Nc1cccc2oc3c(-c4ccc(N5CCNCC5)cc4)ccnc3c(=O)c12. The molecule has 0 radical (unpaired) electrons. The van der Waals surface area contributed by atoms with Crippen molar-refractivity contribution in [1.82, 2.24) is 10.3 Å². The summed E-state index contributed by atoms with van der Waals surface area (Å²) in [5.41, 5.74) is 10.5. The van der Waals surface area contributed by atoms with Gasteiger partial charge in [-0.05, 0) is 35.9 Å². The zero-order chi connectivity index (χ0) is 19.1. The third-order valence-electron chi connectivity index (χ3n) is 5.28. The number of fused-ring (bicyclic) bond motifs is 2. The van der Waals surface area contributed by atoms with Gasteiger partial charge in [-0.3, -0.25) is 4.79 Å². The lowest BCUT2D eigenvalue weighted by Gasteiger charge is -2.29. The highest BCUT2D eigenvalue weighted by Gasteiger charge is 2.16. The van der Waals surface area contributed by atoms with Crippen LogP contribution in [0.4, 0.5) is 11.4 Å². The first kappa shape index (κ1) is 19.2. The van der Waals surface area contributed by atoms with Crippen molar-refractivity contribution in [3.8, 4) is 11.1 Å². The van der Waals surface area contributed by atoms with Crippen molar-refractivity contribution in [2.45, 2.75) is 0 Å². The van der Waals surface area contributed by atoms with Gasteiger partial charge in [0.1, 0.15) is 5.58 Å². The molecule has 0 atom stereocenters. The Kier molecular flexibility index (Phi) is 5.13. The normalized spacial score (nSPS) is 14.1. The molecular weight excluding hydrogens is 388 g/mol. The quantitative estimate of drug-likeness (QED) is 0.390. The highest BCUT2D eigenvalue weighted by Crippen LogP contribution is 2.31. The molecule has 0 spiro atoms. The highest BCUT2D eigenvalue weighted by molar-refractivity contribution is 5.99. The van der Waals surface area contributed by atoms with Gasteiger partial charge >= 0.3 is 0 Å². The van der Waals surface area contributed by atoms with Crippen LogP contribution >= 0.6 is 12.4 Å². The molecule has 29 heavy (non-hydrogen) atoms. The number of pyridine rings is 1. The summed E-state index contributed by atoms with van der Waals surface area (Å²) in [6.45, 7) is 4.00. The van der Waals surface area contributed by atoms with Gasteiger partial charge in [-0.2, -0.15) is 0 Å². The number of piperazine rings is 1. The van der Waals surface area contributed by atoms with E-state index in [9.17, 15) is 4.79 Å². The van der Waals surface area contributed by atoms with Gasteiger partial charge in [0.15, 0.2) is 11.1 Å². The number of hydrogen-bond acceptors (Lipinski definition) is 6. The molecule has 5 rings (SSSR count). The molecule has 3 N–H and O–H groups in total. The number of benzene rings is 2. The Morgan fingerprint density at radius 1 is 1.03 bits per heavy atom. The van der Waals surface area contributed by atoms with E-state index in [-0.39, 0.29) is 17.8 Å². The predicted molar refractivity (Wildman–Crippen MR) is 120 cm³/mol. The molecule has 6 nitrogen and oxygen atoms in total. The molecule has 1 fully saturated rings. The number of anilines is 2. The van der Waals surface area contributed by atoms with Crippen molar-refractivity contribution in [3.63, 3.8) is 0 Å². The van der Waals surface area contributed by atoms with Crippen molar-refractivity contribution in [3.05, 3.63) is 65.0 Å². The van der Waals surface area contributed by atoms with Gasteiger partial charge in [0.05, 0.1) is 5.39 Å². The van der Waals surface area contributed by atoms with Crippen molar-refractivity contribution < 1.29 is 4.42 Å². The van der Waals surface area contributed by atoms with Crippen LogP contribution in [0, 0.1) is 0 Å².